The Bertz CT molecular complexity index is 798. The molecule has 10 heteroatoms. The second-order valence-electron chi connectivity index (χ2n) is 7.92. The van der Waals surface area contributed by atoms with E-state index < -0.39 is 48.6 Å². The summed E-state index contributed by atoms with van der Waals surface area (Å²) in [6.45, 7) is 6.49. The highest BCUT2D eigenvalue weighted by atomic mass is 127. The van der Waals surface area contributed by atoms with Crippen molar-refractivity contribution in [2.45, 2.75) is 84.1 Å². The number of halogens is 1. The molecular weight excluding hydrogens is 559 g/mol. The van der Waals surface area contributed by atoms with E-state index in [9.17, 15) is 14.4 Å². The predicted molar refractivity (Wildman–Crippen MR) is 131 cm³/mol. The van der Waals surface area contributed by atoms with Crippen molar-refractivity contribution in [2.24, 2.45) is 0 Å². The Labute approximate surface area is 213 Å². The van der Waals surface area contributed by atoms with Crippen molar-refractivity contribution in [3.8, 4) is 11.5 Å². The molecule has 34 heavy (non-hydrogen) atoms. The van der Waals surface area contributed by atoms with Gasteiger partial charge in [0.05, 0.1) is 6.61 Å². The van der Waals surface area contributed by atoms with Crippen molar-refractivity contribution >= 4 is 40.5 Å². The number of rotatable bonds is 12. The molecule has 0 unspecified atom stereocenters. The van der Waals surface area contributed by atoms with Crippen LogP contribution in [0.1, 0.15) is 53.4 Å². The van der Waals surface area contributed by atoms with Crippen LogP contribution in [0.25, 0.3) is 0 Å². The van der Waals surface area contributed by atoms with E-state index in [1.807, 2.05) is 0 Å². The van der Waals surface area contributed by atoms with E-state index >= 15 is 0 Å². The van der Waals surface area contributed by atoms with Crippen molar-refractivity contribution in [3.05, 3.63) is 24.3 Å². The molecule has 1 aliphatic rings. The minimum atomic E-state index is -1.15. The first kappa shape index (κ1) is 28.2. The highest BCUT2D eigenvalue weighted by molar-refractivity contribution is 14.1. The smallest absolute Gasteiger partial charge is 0.303 e. The van der Waals surface area contributed by atoms with Crippen LogP contribution >= 0.6 is 22.6 Å². The van der Waals surface area contributed by atoms with Gasteiger partial charge in [-0.3, -0.25) is 14.4 Å². The van der Waals surface area contributed by atoms with Gasteiger partial charge in [0.1, 0.15) is 17.6 Å². The predicted octanol–water partition coefficient (Wildman–Crippen LogP) is 3.98. The monoisotopic (exact) mass is 592 g/mol. The summed E-state index contributed by atoms with van der Waals surface area (Å²) in [5.41, 5.74) is 0. The zero-order valence-electron chi connectivity index (χ0n) is 20.0. The molecule has 1 heterocycles. The van der Waals surface area contributed by atoms with Crippen LogP contribution in [0.2, 0.25) is 0 Å². The molecule has 0 bridgehead atoms. The summed E-state index contributed by atoms with van der Waals surface area (Å²) in [5, 5.41) is 0. The second kappa shape index (κ2) is 14.3. The normalized spacial score (nSPS) is 24.1. The zero-order valence-corrected chi connectivity index (χ0v) is 22.1. The van der Waals surface area contributed by atoms with Crippen molar-refractivity contribution in [2.75, 3.05) is 11.0 Å². The molecule has 0 aromatic heterocycles. The SMILES string of the molecule is CCCCCCOc1ccc(O[C@@H]2O[C@H](CI)[C@H](OC(C)=O)[C@H](OC(C)=O)[C@H]2OC(C)=O)cc1. The third-order valence-corrected chi connectivity index (χ3v) is 5.86. The molecular formula is C24H33IO9. The molecule has 0 aliphatic carbocycles. The molecule has 5 atom stereocenters. The lowest BCUT2D eigenvalue weighted by molar-refractivity contribution is -0.279. The largest absolute Gasteiger partial charge is 0.494 e. The molecule has 0 spiro atoms. The average Bonchev–Trinajstić information content (AvgIpc) is 2.77. The number of benzene rings is 1. The Hall–Kier alpha value is -2.08. The Morgan fingerprint density at radius 3 is 1.94 bits per heavy atom. The highest BCUT2D eigenvalue weighted by Gasteiger charge is 2.52. The van der Waals surface area contributed by atoms with Gasteiger partial charge in [-0.25, -0.2) is 0 Å². The molecule has 9 nitrogen and oxygen atoms in total. The van der Waals surface area contributed by atoms with Crippen molar-refractivity contribution in [3.63, 3.8) is 0 Å². The van der Waals surface area contributed by atoms with Crippen LogP contribution in [0, 0.1) is 0 Å². The minimum Gasteiger partial charge on any atom is -0.494 e. The lowest BCUT2D eigenvalue weighted by Gasteiger charge is -2.43. The number of ether oxygens (including phenoxy) is 6. The number of unbranched alkanes of at least 4 members (excludes halogenated alkanes) is 3. The summed E-state index contributed by atoms with van der Waals surface area (Å²) in [4.78, 5) is 35.3. The first-order chi connectivity index (χ1) is 16.2. The quantitative estimate of drug-likeness (QED) is 0.117. The summed E-state index contributed by atoms with van der Waals surface area (Å²) in [7, 11) is 0. The fourth-order valence-electron chi connectivity index (χ4n) is 3.54. The molecule has 1 fully saturated rings. The number of esters is 3. The molecule has 1 aromatic rings. The maximum absolute atomic E-state index is 11.8. The van der Waals surface area contributed by atoms with E-state index in [-0.39, 0.29) is 0 Å². The third-order valence-electron chi connectivity index (χ3n) is 4.99. The molecule has 190 valence electrons. The van der Waals surface area contributed by atoms with Crippen molar-refractivity contribution in [1.82, 2.24) is 0 Å². The van der Waals surface area contributed by atoms with Gasteiger partial charge in [0.2, 0.25) is 12.4 Å². The van der Waals surface area contributed by atoms with Gasteiger partial charge in [0.25, 0.3) is 0 Å². The van der Waals surface area contributed by atoms with Gasteiger partial charge in [0, 0.05) is 25.2 Å². The van der Waals surface area contributed by atoms with Gasteiger partial charge >= 0.3 is 17.9 Å². The first-order valence-corrected chi connectivity index (χ1v) is 12.9. The average molecular weight is 592 g/mol. The van der Waals surface area contributed by atoms with Crippen LogP contribution in [0.15, 0.2) is 24.3 Å². The lowest BCUT2D eigenvalue weighted by atomic mass is 9.99. The van der Waals surface area contributed by atoms with Gasteiger partial charge in [-0.15, -0.1) is 0 Å². The van der Waals surface area contributed by atoms with E-state index in [0.29, 0.717) is 22.5 Å². The summed E-state index contributed by atoms with van der Waals surface area (Å²) in [6, 6.07) is 6.99. The zero-order chi connectivity index (χ0) is 25.1. The van der Waals surface area contributed by atoms with Gasteiger partial charge in [-0.1, -0.05) is 48.8 Å². The van der Waals surface area contributed by atoms with Crippen molar-refractivity contribution in [1.29, 1.82) is 0 Å². The lowest BCUT2D eigenvalue weighted by Crippen LogP contribution is -2.63. The number of alkyl halides is 1. The summed E-state index contributed by atoms with van der Waals surface area (Å²) < 4.78 is 34.4. The maximum Gasteiger partial charge on any atom is 0.303 e. The topological polar surface area (TPSA) is 107 Å². The molecule has 0 radical (unpaired) electrons. The molecule has 2 rings (SSSR count). The van der Waals surface area contributed by atoms with Crippen LogP contribution in [0.3, 0.4) is 0 Å². The number of hydrogen-bond acceptors (Lipinski definition) is 9. The van der Waals surface area contributed by atoms with Gasteiger partial charge in [-0.05, 0) is 30.7 Å². The number of hydrogen-bond donors (Lipinski definition) is 0. The van der Waals surface area contributed by atoms with E-state index in [1.54, 1.807) is 24.3 Å². The first-order valence-electron chi connectivity index (χ1n) is 11.4. The molecule has 1 aromatic carbocycles. The van der Waals surface area contributed by atoms with Gasteiger partial charge in [0.15, 0.2) is 12.2 Å². The Balaban J connectivity index is 2.18. The second-order valence-corrected chi connectivity index (χ2v) is 8.80. The Morgan fingerprint density at radius 2 is 1.38 bits per heavy atom. The van der Waals surface area contributed by atoms with E-state index in [1.165, 1.54) is 33.6 Å². The standard InChI is InChI=1S/C24H33IO9/c1-5-6-7-8-13-29-18-9-11-19(12-10-18)33-24-23(32-17(4)28)22(31-16(3)27)21(30-15(2)26)20(14-25)34-24/h9-12,20-24H,5-8,13-14H2,1-4H3/t20-,21+,22+,23-,24-/m1/s1. The molecule has 1 saturated heterocycles. The maximum atomic E-state index is 11.8. The fraction of sp³-hybridized carbons (Fsp3) is 0.625. The molecule has 0 saturated carbocycles. The fourth-order valence-corrected chi connectivity index (χ4v) is 4.25. The summed E-state index contributed by atoms with van der Waals surface area (Å²) >= 11 is 2.07. The number of carbonyl (C=O) groups excluding carboxylic acids is 3. The number of carbonyl (C=O) groups is 3. The van der Waals surface area contributed by atoms with E-state index in [4.69, 9.17) is 28.4 Å². The molecule has 1 aliphatic heterocycles. The molecule has 0 N–H and O–H groups in total. The van der Waals surface area contributed by atoms with E-state index in [2.05, 4.69) is 29.5 Å². The van der Waals surface area contributed by atoms with E-state index in [0.717, 1.165) is 12.8 Å². The van der Waals surface area contributed by atoms with Crippen LogP contribution in [-0.2, 0) is 33.3 Å². The highest BCUT2D eigenvalue weighted by Crippen LogP contribution is 2.32. The van der Waals surface area contributed by atoms with Gasteiger partial charge < -0.3 is 28.4 Å². The Kier molecular flexibility index (Phi) is 11.9. The van der Waals surface area contributed by atoms with Crippen LogP contribution in [0.5, 0.6) is 11.5 Å². The van der Waals surface area contributed by atoms with Gasteiger partial charge in [-0.2, -0.15) is 0 Å². The van der Waals surface area contributed by atoms with Crippen LogP contribution in [0.4, 0.5) is 0 Å². The summed E-state index contributed by atoms with van der Waals surface area (Å²) in [6.07, 6.45) is -0.500. The summed E-state index contributed by atoms with van der Waals surface area (Å²) in [5.74, 6) is -0.664. The van der Waals surface area contributed by atoms with Crippen molar-refractivity contribution < 1.29 is 42.8 Å². The Morgan fingerprint density at radius 1 is 0.824 bits per heavy atom. The minimum absolute atomic E-state index is 0.408. The molecule has 0 amide bonds. The van der Waals surface area contributed by atoms with Crippen LogP contribution in [-0.4, -0.2) is 59.6 Å². The van der Waals surface area contributed by atoms with Crippen LogP contribution < -0.4 is 9.47 Å². The third kappa shape index (κ3) is 8.94.